The van der Waals surface area contributed by atoms with E-state index in [9.17, 15) is 4.79 Å². The minimum Gasteiger partial charge on any atom is -0.370 e. The molecule has 0 aromatic carbocycles. The molecule has 6 heteroatoms. The van der Waals surface area contributed by atoms with Crippen molar-refractivity contribution in [2.45, 2.75) is 19.8 Å². The molecule has 3 heterocycles. The third-order valence-corrected chi connectivity index (χ3v) is 4.04. The molecule has 22 heavy (non-hydrogen) atoms. The van der Waals surface area contributed by atoms with Gasteiger partial charge in [0.25, 0.3) is 0 Å². The Morgan fingerprint density at radius 3 is 3.14 bits per heavy atom. The van der Waals surface area contributed by atoms with Crippen molar-refractivity contribution in [3.63, 3.8) is 0 Å². The van der Waals surface area contributed by atoms with E-state index in [2.05, 4.69) is 15.3 Å². The number of carbonyl (C=O) groups excluding carboxylic acids is 1. The van der Waals surface area contributed by atoms with E-state index in [1.165, 1.54) is 0 Å². The third-order valence-electron chi connectivity index (χ3n) is 4.04. The van der Waals surface area contributed by atoms with Crippen LogP contribution in [-0.2, 0) is 4.79 Å². The molecule has 0 bridgehead atoms. The number of rotatable bonds is 4. The largest absolute Gasteiger partial charge is 0.370 e. The standard InChI is InChI=1S/C16H21N5O/c1-13(22)20-8-3-4-14(11-20)10-18-15-5-2-6-16(19-15)21-9-7-17-12-21/h2,5-7,9,12,14H,3-4,8,10-11H2,1H3,(H,18,19). The molecular weight excluding hydrogens is 278 g/mol. The van der Waals surface area contributed by atoms with Crippen LogP contribution < -0.4 is 5.32 Å². The van der Waals surface area contributed by atoms with E-state index in [0.29, 0.717) is 5.92 Å². The van der Waals surface area contributed by atoms with Gasteiger partial charge in [0.05, 0.1) is 0 Å². The molecule has 1 fully saturated rings. The van der Waals surface area contributed by atoms with Crippen molar-refractivity contribution in [3.8, 4) is 5.82 Å². The summed E-state index contributed by atoms with van der Waals surface area (Å²) < 4.78 is 1.88. The molecule has 0 spiro atoms. The fraction of sp³-hybridized carbons (Fsp3) is 0.438. The summed E-state index contributed by atoms with van der Waals surface area (Å²) in [4.78, 5) is 22.0. The smallest absolute Gasteiger partial charge is 0.219 e. The Morgan fingerprint density at radius 1 is 1.45 bits per heavy atom. The first-order valence-electron chi connectivity index (χ1n) is 7.67. The van der Waals surface area contributed by atoms with Crippen LogP contribution in [0.3, 0.4) is 0 Å². The molecule has 1 unspecified atom stereocenters. The van der Waals surface area contributed by atoms with Gasteiger partial charge in [-0.25, -0.2) is 9.97 Å². The molecule has 0 radical (unpaired) electrons. The van der Waals surface area contributed by atoms with Crippen LogP contribution in [0.4, 0.5) is 5.82 Å². The van der Waals surface area contributed by atoms with Crippen LogP contribution in [0.25, 0.3) is 5.82 Å². The number of anilines is 1. The number of aromatic nitrogens is 3. The van der Waals surface area contributed by atoms with E-state index >= 15 is 0 Å². The maximum Gasteiger partial charge on any atom is 0.219 e. The Morgan fingerprint density at radius 2 is 2.36 bits per heavy atom. The molecule has 0 aliphatic carbocycles. The van der Waals surface area contributed by atoms with E-state index in [1.54, 1.807) is 19.4 Å². The molecule has 0 saturated carbocycles. The van der Waals surface area contributed by atoms with E-state index < -0.39 is 0 Å². The summed E-state index contributed by atoms with van der Waals surface area (Å²) >= 11 is 0. The van der Waals surface area contributed by atoms with Crippen LogP contribution in [0.2, 0.25) is 0 Å². The highest BCUT2D eigenvalue weighted by Crippen LogP contribution is 2.17. The van der Waals surface area contributed by atoms with Crippen molar-refractivity contribution in [3.05, 3.63) is 36.9 Å². The van der Waals surface area contributed by atoms with Crippen LogP contribution in [0.1, 0.15) is 19.8 Å². The third kappa shape index (κ3) is 3.44. The van der Waals surface area contributed by atoms with Crippen LogP contribution in [0.15, 0.2) is 36.9 Å². The lowest BCUT2D eigenvalue weighted by Gasteiger charge is -2.32. The molecule has 3 rings (SSSR count). The average Bonchev–Trinajstić information content (AvgIpc) is 3.08. The average molecular weight is 299 g/mol. The van der Waals surface area contributed by atoms with E-state index in [1.807, 2.05) is 33.9 Å². The second-order valence-corrected chi connectivity index (χ2v) is 5.71. The molecule has 1 aliphatic heterocycles. The highest BCUT2D eigenvalue weighted by Gasteiger charge is 2.21. The Balaban J connectivity index is 1.60. The van der Waals surface area contributed by atoms with Gasteiger partial charge in [-0.2, -0.15) is 0 Å². The number of piperidine rings is 1. The van der Waals surface area contributed by atoms with Crippen molar-refractivity contribution in [2.24, 2.45) is 5.92 Å². The first kappa shape index (κ1) is 14.6. The Bertz CT molecular complexity index is 625. The molecule has 2 aromatic heterocycles. The minimum atomic E-state index is 0.171. The molecule has 6 nitrogen and oxygen atoms in total. The lowest BCUT2D eigenvalue weighted by atomic mass is 9.98. The highest BCUT2D eigenvalue weighted by molar-refractivity contribution is 5.73. The predicted octanol–water partition coefficient (Wildman–Crippen LogP) is 1.94. The zero-order valence-corrected chi connectivity index (χ0v) is 12.8. The molecule has 1 N–H and O–H groups in total. The lowest BCUT2D eigenvalue weighted by Crippen LogP contribution is -2.40. The van der Waals surface area contributed by atoms with Crippen molar-refractivity contribution < 1.29 is 4.79 Å². The summed E-state index contributed by atoms with van der Waals surface area (Å²) in [5.41, 5.74) is 0. The van der Waals surface area contributed by atoms with Crippen LogP contribution in [-0.4, -0.2) is 45.0 Å². The Hall–Kier alpha value is -2.37. The van der Waals surface area contributed by atoms with Gasteiger partial charge in [0.1, 0.15) is 18.0 Å². The van der Waals surface area contributed by atoms with Gasteiger partial charge < -0.3 is 10.2 Å². The number of nitrogens with one attached hydrogen (secondary N) is 1. The monoisotopic (exact) mass is 299 g/mol. The molecule has 1 atom stereocenters. The highest BCUT2D eigenvalue weighted by atomic mass is 16.2. The second-order valence-electron chi connectivity index (χ2n) is 5.71. The van der Waals surface area contributed by atoms with E-state index in [0.717, 1.165) is 44.1 Å². The van der Waals surface area contributed by atoms with Crippen molar-refractivity contribution in [1.82, 2.24) is 19.4 Å². The van der Waals surface area contributed by atoms with Crippen molar-refractivity contribution in [2.75, 3.05) is 25.0 Å². The number of hydrogen-bond acceptors (Lipinski definition) is 4. The van der Waals surface area contributed by atoms with Crippen molar-refractivity contribution >= 4 is 11.7 Å². The van der Waals surface area contributed by atoms with Gasteiger partial charge in [0.2, 0.25) is 5.91 Å². The van der Waals surface area contributed by atoms with Crippen LogP contribution in [0.5, 0.6) is 0 Å². The first-order valence-corrected chi connectivity index (χ1v) is 7.67. The Labute approximate surface area is 130 Å². The molecule has 1 aliphatic rings. The minimum absolute atomic E-state index is 0.171. The summed E-state index contributed by atoms with van der Waals surface area (Å²) in [7, 11) is 0. The predicted molar refractivity (Wildman–Crippen MR) is 84.8 cm³/mol. The van der Waals surface area contributed by atoms with Crippen LogP contribution >= 0.6 is 0 Å². The summed E-state index contributed by atoms with van der Waals surface area (Å²) in [6.07, 6.45) is 7.57. The maximum absolute atomic E-state index is 11.5. The van der Waals surface area contributed by atoms with Gasteiger partial charge >= 0.3 is 0 Å². The normalized spacial score (nSPS) is 18.2. The Kier molecular flexibility index (Phi) is 4.37. The zero-order chi connectivity index (χ0) is 15.4. The quantitative estimate of drug-likeness (QED) is 0.937. The lowest BCUT2D eigenvalue weighted by molar-refractivity contribution is -0.130. The fourth-order valence-corrected chi connectivity index (χ4v) is 2.83. The van der Waals surface area contributed by atoms with Gasteiger partial charge in [-0.15, -0.1) is 0 Å². The SMILES string of the molecule is CC(=O)N1CCCC(CNc2cccc(-n3ccnc3)n2)C1. The fourth-order valence-electron chi connectivity index (χ4n) is 2.83. The zero-order valence-electron chi connectivity index (χ0n) is 12.8. The second kappa shape index (κ2) is 6.60. The van der Waals surface area contributed by atoms with Crippen molar-refractivity contribution in [1.29, 1.82) is 0 Å². The van der Waals surface area contributed by atoms with E-state index in [4.69, 9.17) is 0 Å². The number of likely N-dealkylation sites (tertiary alicyclic amines) is 1. The summed E-state index contributed by atoms with van der Waals surface area (Å²) in [5.74, 6) is 2.35. The maximum atomic E-state index is 11.5. The summed E-state index contributed by atoms with van der Waals surface area (Å²) in [6, 6.07) is 5.89. The first-order chi connectivity index (χ1) is 10.7. The summed E-state index contributed by atoms with van der Waals surface area (Å²) in [6.45, 7) is 4.21. The molecule has 1 amide bonds. The number of pyridine rings is 1. The van der Waals surface area contributed by atoms with Gasteiger partial charge in [-0.1, -0.05) is 6.07 Å². The van der Waals surface area contributed by atoms with Crippen LogP contribution in [0, 0.1) is 5.92 Å². The number of amides is 1. The summed E-state index contributed by atoms with van der Waals surface area (Å²) in [5, 5.41) is 3.39. The van der Waals surface area contributed by atoms with Gasteiger partial charge in [-0.3, -0.25) is 9.36 Å². The number of nitrogens with zero attached hydrogens (tertiary/aromatic N) is 4. The van der Waals surface area contributed by atoms with E-state index in [-0.39, 0.29) is 5.91 Å². The topological polar surface area (TPSA) is 63.1 Å². The molecular formula is C16H21N5O. The number of imidazole rings is 1. The molecule has 116 valence electrons. The van der Waals surface area contributed by atoms with Gasteiger partial charge in [0.15, 0.2) is 0 Å². The van der Waals surface area contributed by atoms with Gasteiger partial charge in [-0.05, 0) is 30.9 Å². The molecule has 1 saturated heterocycles. The number of hydrogen-bond donors (Lipinski definition) is 1. The van der Waals surface area contributed by atoms with Gasteiger partial charge in [0, 0.05) is 39.0 Å². The molecule has 2 aromatic rings. The number of carbonyl (C=O) groups is 1.